The van der Waals surface area contributed by atoms with Crippen molar-refractivity contribution in [3.63, 3.8) is 0 Å². The topological polar surface area (TPSA) is 76.8 Å². The number of aromatic nitrogens is 4. The number of benzene rings is 1. The number of hydrogen-bond acceptors (Lipinski definition) is 6. The summed E-state index contributed by atoms with van der Waals surface area (Å²) < 4.78 is 18.5. The fraction of sp³-hybridized carbons (Fsp3) is 0.375. The molecule has 3 aromatic heterocycles. The maximum atomic E-state index is 15.0. The molecule has 1 aliphatic carbocycles. The standard InChI is InChI=1S/C24H25FN6OS/c1-24(2,25)20-19(8-10-33-20)31-21-18(22(32)30(31)17-5-6-17)13-27-23(29-21)28-16-4-3-15-12-26-9-7-14(15)11-16/h3-4,8,10-11,13,17,26H,5-7,9,12H2,1-2H3,(H,27,28,29). The van der Waals surface area contributed by atoms with Crippen LogP contribution in [0.15, 0.2) is 40.6 Å². The summed E-state index contributed by atoms with van der Waals surface area (Å²) in [6.07, 6.45) is 4.42. The van der Waals surface area contributed by atoms with E-state index >= 15 is 4.39 Å². The van der Waals surface area contributed by atoms with E-state index in [4.69, 9.17) is 4.98 Å². The van der Waals surface area contributed by atoms with Crippen LogP contribution in [0.5, 0.6) is 0 Å². The van der Waals surface area contributed by atoms with Crippen molar-refractivity contribution >= 4 is 34.0 Å². The van der Waals surface area contributed by atoms with Gasteiger partial charge < -0.3 is 10.6 Å². The number of rotatable bonds is 5. The lowest BCUT2D eigenvalue weighted by Crippen LogP contribution is -2.23. The zero-order valence-corrected chi connectivity index (χ0v) is 19.4. The predicted octanol–water partition coefficient (Wildman–Crippen LogP) is 4.57. The number of alkyl halides is 1. The van der Waals surface area contributed by atoms with Crippen LogP contribution in [0.25, 0.3) is 16.7 Å². The summed E-state index contributed by atoms with van der Waals surface area (Å²) in [5.41, 5.74) is 3.02. The molecule has 0 atom stereocenters. The van der Waals surface area contributed by atoms with Gasteiger partial charge in [0.25, 0.3) is 5.56 Å². The van der Waals surface area contributed by atoms with E-state index in [0.717, 1.165) is 38.0 Å². The summed E-state index contributed by atoms with van der Waals surface area (Å²) in [4.78, 5) is 23.0. The predicted molar refractivity (Wildman–Crippen MR) is 129 cm³/mol. The van der Waals surface area contributed by atoms with Crippen molar-refractivity contribution in [2.75, 3.05) is 11.9 Å². The van der Waals surface area contributed by atoms with E-state index < -0.39 is 5.67 Å². The molecule has 1 aromatic carbocycles. The van der Waals surface area contributed by atoms with Crippen molar-refractivity contribution in [2.45, 2.75) is 51.4 Å². The molecule has 0 spiro atoms. The lowest BCUT2D eigenvalue weighted by molar-refractivity contribution is 0.226. The van der Waals surface area contributed by atoms with E-state index in [-0.39, 0.29) is 11.6 Å². The Bertz CT molecular complexity index is 1430. The second kappa shape index (κ2) is 7.50. The van der Waals surface area contributed by atoms with Crippen LogP contribution in [-0.2, 0) is 18.6 Å². The van der Waals surface area contributed by atoms with Crippen molar-refractivity contribution in [1.29, 1.82) is 0 Å². The van der Waals surface area contributed by atoms with Crippen LogP contribution < -0.4 is 16.2 Å². The maximum absolute atomic E-state index is 15.0. The van der Waals surface area contributed by atoms with Crippen LogP contribution in [-0.4, -0.2) is 25.9 Å². The van der Waals surface area contributed by atoms with Crippen LogP contribution in [0.2, 0.25) is 0 Å². The Hall–Kier alpha value is -3.04. The zero-order chi connectivity index (χ0) is 22.7. The Kier molecular flexibility index (Phi) is 4.67. The molecule has 0 saturated heterocycles. The van der Waals surface area contributed by atoms with Crippen molar-refractivity contribution in [2.24, 2.45) is 0 Å². The molecule has 1 aliphatic heterocycles. The maximum Gasteiger partial charge on any atom is 0.278 e. The van der Waals surface area contributed by atoms with E-state index in [0.29, 0.717) is 27.5 Å². The number of anilines is 2. The summed E-state index contributed by atoms with van der Waals surface area (Å²) in [6, 6.07) is 8.24. The van der Waals surface area contributed by atoms with Gasteiger partial charge in [0, 0.05) is 18.4 Å². The molecule has 4 aromatic rings. The number of fused-ring (bicyclic) bond motifs is 2. The summed E-state index contributed by atoms with van der Waals surface area (Å²) in [6.45, 7) is 4.93. The molecule has 1 saturated carbocycles. The van der Waals surface area contributed by atoms with Gasteiger partial charge in [0.1, 0.15) is 11.1 Å². The second-order valence-corrected chi connectivity index (χ2v) is 10.2. The third-order valence-corrected chi connectivity index (χ3v) is 7.48. The second-order valence-electron chi connectivity index (χ2n) is 9.27. The van der Waals surface area contributed by atoms with Crippen LogP contribution >= 0.6 is 11.3 Å². The molecule has 0 bridgehead atoms. The van der Waals surface area contributed by atoms with Gasteiger partial charge in [-0.1, -0.05) is 6.07 Å². The van der Waals surface area contributed by atoms with E-state index in [1.807, 2.05) is 17.5 Å². The molecule has 0 amide bonds. The number of nitrogens with one attached hydrogen (secondary N) is 2. The highest BCUT2D eigenvalue weighted by Gasteiger charge is 2.33. The fourth-order valence-electron chi connectivity index (χ4n) is 4.54. The van der Waals surface area contributed by atoms with Crippen LogP contribution in [0.3, 0.4) is 0 Å². The first-order valence-electron chi connectivity index (χ1n) is 11.3. The van der Waals surface area contributed by atoms with Crippen LogP contribution in [0.4, 0.5) is 16.0 Å². The first-order valence-corrected chi connectivity index (χ1v) is 12.2. The van der Waals surface area contributed by atoms with Crippen molar-refractivity contribution < 1.29 is 4.39 Å². The number of nitrogens with zero attached hydrogens (tertiary/aromatic N) is 4. The van der Waals surface area contributed by atoms with E-state index in [1.165, 1.54) is 22.5 Å². The van der Waals surface area contributed by atoms with Gasteiger partial charge >= 0.3 is 0 Å². The van der Waals surface area contributed by atoms with Gasteiger partial charge in [-0.3, -0.25) is 4.79 Å². The van der Waals surface area contributed by atoms with Gasteiger partial charge in [-0.2, -0.15) is 4.98 Å². The van der Waals surface area contributed by atoms with Gasteiger partial charge in [0.2, 0.25) is 5.95 Å². The zero-order valence-electron chi connectivity index (χ0n) is 18.6. The van der Waals surface area contributed by atoms with Gasteiger partial charge in [0.15, 0.2) is 5.65 Å². The molecule has 4 heterocycles. The minimum absolute atomic E-state index is 0.104. The highest BCUT2D eigenvalue weighted by molar-refractivity contribution is 7.10. The Morgan fingerprint density at radius 1 is 1.24 bits per heavy atom. The number of thiophene rings is 1. The van der Waals surface area contributed by atoms with Crippen LogP contribution in [0.1, 0.15) is 48.7 Å². The summed E-state index contributed by atoms with van der Waals surface area (Å²) in [7, 11) is 0. The number of hydrogen-bond donors (Lipinski definition) is 2. The van der Waals surface area contributed by atoms with Gasteiger partial charge in [0.05, 0.1) is 16.6 Å². The smallest absolute Gasteiger partial charge is 0.278 e. The Balaban J connectivity index is 1.48. The molecule has 7 nitrogen and oxygen atoms in total. The summed E-state index contributed by atoms with van der Waals surface area (Å²) in [5.74, 6) is 0.411. The Morgan fingerprint density at radius 3 is 2.88 bits per heavy atom. The van der Waals surface area contributed by atoms with Crippen molar-refractivity contribution in [3.8, 4) is 5.69 Å². The first-order chi connectivity index (χ1) is 15.9. The quantitative estimate of drug-likeness (QED) is 0.452. The first kappa shape index (κ1) is 20.6. The van der Waals surface area contributed by atoms with Crippen molar-refractivity contribution in [3.05, 3.63) is 62.2 Å². The monoisotopic (exact) mass is 464 g/mol. The molecule has 2 aliphatic rings. The highest BCUT2D eigenvalue weighted by atomic mass is 32.1. The average molecular weight is 465 g/mol. The minimum Gasteiger partial charge on any atom is -0.324 e. The third-order valence-electron chi connectivity index (χ3n) is 6.28. The molecule has 0 unspecified atom stereocenters. The summed E-state index contributed by atoms with van der Waals surface area (Å²) >= 11 is 1.35. The Morgan fingerprint density at radius 2 is 2.09 bits per heavy atom. The highest BCUT2D eigenvalue weighted by Crippen LogP contribution is 2.39. The molecule has 1 fully saturated rings. The molecule has 9 heteroatoms. The fourth-order valence-corrected chi connectivity index (χ4v) is 5.43. The average Bonchev–Trinajstić information content (AvgIpc) is 3.42. The summed E-state index contributed by atoms with van der Waals surface area (Å²) in [5, 5.41) is 8.98. The van der Waals surface area contributed by atoms with E-state index in [9.17, 15) is 4.79 Å². The normalized spacial score (nSPS) is 16.2. The van der Waals surface area contributed by atoms with Gasteiger partial charge in [-0.05, 0) is 74.4 Å². The molecular formula is C24H25FN6OS. The van der Waals surface area contributed by atoms with E-state index in [2.05, 4.69) is 27.8 Å². The molecular weight excluding hydrogens is 439 g/mol. The third kappa shape index (κ3) is 3.55. The molecule has 170 valence electrons. The lowest BCUT2D eigenvalue weighted by Gasteiger charge is -2.18. The Labute approximate surface area is 194 Å². The molecule has 33 heavy (non-hydrogen) atoms. The SMILES string of the molecule is CC(C)(F)c1sccc1-n1c2nc(Nc3ccc4c(c3)CCNC4)ncc2c(=O)n1C1CC1. The van der Waals surface area contributed by atoms with Crippen molar-refractivity contribution in [1.82, 2.24) is 24.6 Å². The largest absolute Gasteiger partial charge is 0.324 e. The lowest BCUT2D eigenvalue weighted by atomic mass is 10.0. The minimum atomic E-state index is -1.53. The van der Waals surface area contributed by atoms with Gasteiger partial charge in [-0.25, -0.2) is 18.7 Å². The van der Waals surface area contributed by atoms with Crippen LogP contribution in [0, 0.1) is 0 Å². The number of halogens is 1. The van der Waals surface area contributed by atoms with Gasteiger partial charge in [-0.15, -0.1) is 11.3 Å². The molecule has 2 N–H and O–H groups in total. The molecule has 6 rings (SSSR count). The van der Waals surface area contributed by atoms with E-state index in [1.54, 1.807) is 29.4 Å². The molecule has 0 radical (unpaired) electrons.